The monoisotopic (exact) mass is 312 g/mol. The average Bonchev–Trinajstić information content (AvgIpc) is 2.48. The van der Waals surface area contributed by atoms with Gasteiger partial charge in [0.15, 0.2) is 0 Å². The van der Waals surface area contributed by atoms with Crippen molar-refractivity contribution in [3.63, 3.8) is 0 Å². The third-order valence-electron chi connectivity index (χ3n) is 3.83. The quantitative estimate of drug-likeness (QED) is 0.834. The largest absolute Gasteiger partial charge is 0.381 e. The maximum atomic E-state index is 12.5. The zero-order valence-electron chi connectivity index (χ0n) is 12.7. The Morgan fingerprint density at radius 3 is 2.67 bits per heavy atom. The van der Waals surface area contributed by atoms with Crippen LogP contribution in [0.25, 0.3) is 0 Å². The Labute approximate surface area is 127 Å². The molecular weight excluding hydrogens is 288 g/mol. The lowest BCUT2D eigenvalue weighted by atomic mass is 10.0. The maximum Gasteiger partial charge on any atom is 0.240 e. The Balaban J connectivity index is 2.08. The van der Waals surface area contributed by atoms with Crippen molar-refractivity contribution in [1.29, 1.82) is 0 Å². The van der Waals surface area contributed by atoms with Gasteiger partial charge in [-0.15, -0.1) is 0 Å². The van der Waals surface area contributed by atoms with Gasteiger partial charge in [-0.2, -0.15) is 0 Å². The summed E-state index contributed by atoms with van der Waals surface area (Å²) in [5.41, 5.74) is 1.74. The van der Waals surface area contributed by atoms with Crippen LogP contribution < -0.4 is 10.0 Å². The normalized spacial score (nSPS) is 17.0. The third kappa shape index (κ3) is 4.51. The summed E-state index contributed by atoms with van der Waals surface area (Å²) in [7, 11) is -1.61. The Kier molecular flexibility index (Phi) is 5.75. The molecular formula is C15H24N2O3S. The van der Waals surface area contributed by atoms with Crippen molar-refractivity contribution in [3.8, 4) is 0 Å². The summed E-state index contributed by atoms with van der Waals surface area (Å²) >= 11 is 0. The Bertz CT molecular complexity index is 566. The number of hydrogen-bond acceptors (Lipinski definition) is 4. The molecule has 0 amide bonds. The van der Waals surface area contributed by atoms with Crippen LogP contribution in [0, 0.1) is 12.8 Å². The van der Waals surface area contributed by atoms with Crippen molar-refractivity contribution in [2.75, 3.05) is 26.8 Å². The maximum absolute atomic E-state index is 12.5. The van der Waals surface area contributed by atoms with Gasteiger partial charge in [-0.3, -0.25) is 0 Å². The summed E-state index contributed by atoms with van der Waals surface area (Å²) in [6.07, 6.45) is 1.84. The van der Waals surface area contributed by atoms with E-state index in [4.69, 9.17) is 4.74 Å². The number of hydrogen-bond donors (Lipinski definition) is 2. The molecule has 1 aliphatic heterocycles. The predicted octanol–water partition coefficient (Wildman–Crippen LogP) is 1.42. The molecule has 0 unspecified atom stereocenters. The minimum absolute atomic E-state index is 0.370. The van der Waals surface area contributed by atoms with E-state index < -0.39 is 10.0 Å². The molecule has 1 heterocycles. The van der Waals surface area contributed by atoms with E-state index in [0.717, 1.165) is 37.2 Å². The van der Waals surface area contributed by atoms with Gasteiger partial charge in [-0.25, -0.2) is 13.1 Å². The highest BCUT2D eigenvalue weighted by Crippen LogP contribution is 2.19. The van der Waals surface area contributed by atoms with Crippen molar-refractivity contribution < 1.29 is 13.2 Å². The number of rotatable bonds is 6. The second-order valence-corrected chi connectivity index (χ2v) is 7.27. The second kappa shape index (κ2) is 7.35. The van der Waals surface area contributed by atoms with E-state index >= 15 is 0 Å². The molecule has 1 aromatic carbocycles. The van der Waals surface area contributed by atoms with Crippen LogP contribution in [0.4, 0.5) is 0 Å². The van der Waals surface area contributed by atoms with Gasteiger partial charge < -0.3 is 10.1 Å². The summed E-state index contributed by atoms with van der Waals surface area (Å²) in [5, 5.41) is 3.04. The highest BCUT2D eigenvalue weighted by Gasteiger charge is 2.20. The molecule has 0 bridgehead atoms. The number of aryl methyl sites for hydroxylation is 1. The van der Waals surface area contributed by atoms with E-state index in [1.807, 2.05) is 26.1 Å². The van der Waals surface area contributed by atoms with Gasteiger partial charge in [0.25, 0.3) is 0 Å². The molecule has 2 rings (SSSR count). The predicted molar refractivity (Wildman–Crippen MR) is 82.7 cm³/mol. The molecule has 6 heteroatoms. The van der Waals surface area contributed by atoms with Crippen LogP contribution in [-0.2, 0) is 21.3 Å². The first-order chi connectivity index (χ1) is 10.0. The molecule has 1 aromatic rings. The minimum Gasteiger partial charge on any atom is -0.381 e. The number of ether oxygens (including phenoxy) is 1. The van der Waals surface area contributed by atoms with Crippen molar-refractivity contribution in [3.05, 3.63) is 29.3 Å². The SMILES string of the molecule is CNCc1ccc(C)c(S(=O)(=O)NCC2CCOCC2)c1. The summed E-state index contributed by atoms with van der Waals surface area (Å²) in [6, 6.07) is 5.55. The molecule has 0 atom stereocenters. The van der Waals surface area contributed by atoms with E-state index in [1.165, 1.54) is 0 Å². The van der Waals surface area contributed by atoms with Crippen LogP contribution >= 0.6 is 0 Å². The molecule has 1 fully saturated rings. The smallest absolute Gasteiger partial charge is 0.240 e. The summed E-state index contributed by atoms with van der Waals surface area (Å²) < 4.78 is 33.0. The van der Waals surface area contributed by atoms with Crippen LogP contribution in [0.2, 0.25) is 0 Å². The lowest BCUT2D eigenvalue weighted by Crippen LogP contribution is -2.32. The number of nitrogens with one attached hydrogen (secondary N) is 2. The third-order valence-corrected chi connectivity index (χ3v) is 5.39. The molecule has 1 saturated heterocycles. The molecule has 0 spiro atoms. The Morgan fingerprint density at radius 1 is 1.29 bits per heavy atom. The van der Waals surface area contributed by atoms with E-state index in [1.54, 1.807) is 6.07 Å². The highest BCUT2D eigenvalue weighted by molar-refractivity contribution is 7.89. The van der Waals surface area contributed by atoms with Crippen molar-refractivity contribution >= 4 is 10.0 Å². The van der Waals surface area contributed by atoms with Gasteiger partial charge in [0.1, 0.15) is 0 Å². The molecule has 21 heavy (non-hydrogen) atoms. The van der Waals surface area contributed by atoms with E-state index in [9.17, 15) is 8.42 Å². The van der Waals surface area contributed by atoms with Gasteiger partial charge in [0, 0.05) is 26.3 Å². The van der Waals surface area contributed by atoms with Gasteiger partial charge in [0.2, 0.25) is 10.0 Å². The van der Waals surface area contributed by atoms with Gasteiger partial charge in [-0.1, -0.05) is 12.1 Å². The topological polar surface area (TPSA) is 67.4 Å². The Hall–Kier alpha value is -0.950. The first-order valence-corrected chi connectivity index (χ1v) is 8.83. The zero-order valence-corrected chi connectivity index (χ0v) is 13.5. The average molecular weight is 312 g/mol. The fraction of sp³-hybridized carbons (Fsp3) is 0.600. The van der Waals surface area contributed by atoms with E-state index in [-0.39, 0.29) is 0 Å². The lowest BCUT2D eigenvalue weighted by Gasteiger charge is -2.22. The number of benzene rings is 1. The Morgan fingerprint density at radius 2 is 2.00 bits per heavy atom. The van der Waals surface area contributed by atoms with E-state index in [2.05, 4.69) is 10.0 Å². The fourth-order valence-corrected chi connectivity index (χ4v) is 3.91. The van der Waals surface area contributed by atoms with Gasteiger partial charge in [0.05, 0.1) is 4.90 Å². The standard InChI is InChI=1S/C15H24N2O3S/c1-12-3-4-14(10-16-2)9-15(12)21(18,19)17-11-13-5-7-20-8-6-13/h3-4,9,13,16-17H,5-8,10-11H2,1-2H3. The van der Waals surface area contributed by atoms with Crippen LogP contribution in [0.15, 0.2) is 23.1 Å². The molecule has 118 valence electrons. The molecule has 0 saturated carbocycles. The van der Waals surface area contributed by atoms with Crippen molar-refractivity contribution in [2.45, 2.75) is 31.2 Å². The van der Waals surface area contributed by atoms with E-state index in [0.29, 0.717) is 23.9 Å². The van der Waals surface area contributed by atoms with Crippen molar-refractivity contribution in [1.82, 2.24) is 10.0 Å². The molecule has 1 aliphatic rings. The number of sulfonamides is 1. The zero-order chi connectivity index (χ0) is 15.3. The second-order valence-electron chi connectivity index (χ2n) is 5.54. The first kappa shape index (κ1) is 16.4. The molecule has 5 nitrogen and oxygen atoms in total. The molecule has 2 N–H and O–H groups in total. The summed E-state index contributed by atoms with van der Waals surface area (Å²) in [5.74, 6) is 0.370. The molecule has 0 aliphatic carbocycles. The van der Waals surface area contributed by atoms with Gasteiger partial charge in [-0.05, 0) is 49.9 Å². The fourth-order valence-electron chi connectivity index (χ4n) is 2.50. The van der Waals surface area contributed by atoms with Crippen LogP contribution in [0.1, 0.15) is 24.0 Å². The van der Waals surface area contributed by atoms with Crippen LogP contribution in [-0.4, -0.2) is 35.2 Å². The van der Waals surface area contributed by atoms with Crippen molar-refractivity contribution in [2.24, 2.45) is 5.92 Å². The summed E-state index contributed by atoms with van der Waals surface area (Å²) in [4.78, 5) is 0.377. The molecule has 0 aromatic heterocycles. The minimum atomic E-state index is -3.45. The lowest BCUT2D eigenvalue weighted by molar-refractivity contribution is 0.0678. The highest BCUT2D eigenvalue weighted by atomic mass is 32.2. The van der Waals surface area contributed by atoms with Gasteiger partial charge >= 0.3 is 0 Å². The van der Waals surface area contributed by atoms with Crippen LogP contribution in [0.3, 0.4) is 0 Å². The van der Waals surface area contributed by atoms with Crippen LogP contribution in [0.5, 0.6) is 0 Å². The summed E-state index contributed by atoms with van der Waals surface area (Å²) in [6.45, 7) is 4.42. The first-order valence-electron chi connectivity index (χ1n) is 7.34. The molecule has 0 radical (unpaired) electrons.